The van der Waals surface area contributed by atoms with Gasteiger partial charge in [-0.1, -0.05) is 18.2 Å². The molecule has 0 spiro atoms. The van der Waals surface area contributed by atoms with Crippen molar-refractivity contribution < 1.29 is 19.4 Å². The number of amides is 1. The molecule has 6 nitrogen and oxygen atoms in total. The van der Waals surface area contributed by atoms with Gasteiger partial charge in [0.05, 0.1) is 6.10 Å². The zero-order valence-corrected chi connectivity index (χ0v) is 14.4. The van der Waals surface area contributed by atoms with Gasteiger partial charge in [-0.3, -0.25) is 4.79 Å². The van der Waals surface area contributed by atoms with Gasteiger partial charge >= 0.3 is 0 Å². The molecule has 1 amide bonds. The standard InChI is InChI=1S/C20H20N2O4/c1-22-9-8-13-10-14(6-7-15(13)22)16(23)11-21-20(24)19-12-25-17-4-2-3-5-18(17)26-19/h2-10,16,19,23H,11-12H2,1H3,(H,21,24)/t16-,19-/m1/s1. The van der Waals surface area contributed by atoms with Crippen LogP contribution in [0.3, 0.4) is 0 Å². The molecule has 0 bridgehead atoms. The number of benzene rings is 2. The Kier molecular flexibility index (Phi) is 4.26. The summed E-state index contributed by atoms with van der Waals surface area (Å²) < 4.78 is 13.2. The van der Waals surface area contributed by atoms with Gasteiger partial charge in [0.2, 0.25) is 6.10 Å². The summed E-state index contributed by atoms with van der Waals surface area (Å²) in [6.07, 6.45) is 0.454. The molecule has 0 saturated carbocycles. The Morgan fingerprint density at radius 3 is 2.92 bits per heavy atom. The van der Waals surface area contributed by atoms with Crippen LogP contribution in [0.2, 0.25) is 0 Å². The fourth-order valence-corrected chi connectivity index (χ4v) is 3.09. The second-order valence-electron chi connectivity index (χ2n) is 6.37. The first-order chi connectivity index (χ1) is 12.6. The van der Waals surface area contributed by atoms with Crippen LogP contribution in [0.5, 0.6) is 11.5 Å². The van der Waals surface area contributed by atoms with Crippen molar-refractivity contribution in [1.82, 2.24) is 9.88 Å². The lowest BCUT2D eigenvalue weighted by molar-refractivity contribution is -0.130. The minimum atomic E-state index is -0.791. The average molecular weight is 352 g/mol. The van der Waals surface area contributed by atoms with E-state index in [4.69, 9.17) is 9.47 Å². The van der Waals surface area contributed by atoms with Gasteiger partial charge in [0.1, 0.15) is 6.61 Å². The molecule has 2 aromatic carbocycles. The van der Waals surface area contributed by atoms with E-state index >= 15 is 0 Å². The van der Waals surface area contributed by atoms with E-state index < -0.39 is 12.2 Å². The maximum atomic E-state index is 12.3. The number of hydrogen-bond donors (Lipinski definition) is 2. The van der Waals surface area contributed by atoms with Crippen LogP contribution in [-0.4, -0.2) is 34.8 Å². The van der Waals surface area contributed by atoms with E-state index in [0.717, 1.165) is 16.5 Å². The second-order valence-corrected chi connectivity index (χ2v) is 6.37. The van der Waals surface area contributed by atoms with Crippen molar-refractivity contribution in [1.29, 1.82) is 0 Å². The summed E-state index contributed by atoms with van der Waals surface area (Å²) in [7, 11) is 1.98. The molecule has 0 aliphatic carbocycles. The minimum absolute atomic E-state index is 0.110. The summed E-state index contributed by atoms with van der Waals surface area (Å²) in [6.45, 7) is 0.258. The van der Waals surface area contributed by atoms with Gasteiger partial charge in [0.15, 0.2) is 11.5 Å². The third-order valence-electron chi connectivity index (χ3n) is 4.56. The highest BCUT2D eigenvalue weighted by atomic mass is 16.6. The summed E-state index contributed by atoms with van der Waals surface area (Å²) in [5, 5.41) is 14.2. The van der Waals surface area contributed by atoms with Crippen LogP contribution in [0, 0.1) is 0 Å². The van der Waals surface area contributed by atoms with E-state index in [0.29, 0.717) is 11.5 Å². The monoisotopic (exact) mass is 352 g/mol. The van der Waals surface area contributed by atoms with E-state index in [-0.39, 0.29) is 19.1 Å². The van der Waals surface area contributed by atoms with E-state index in [1.807, 2.05) is 54.2 Å². The van der Waals surface area contributed by atoms with Crippen molar-refractivity contribution >= 4 is 16.8 Å². The molecule has 2 heterocycles. The third-order valence-corrected chi connectivity index (χ3v) is 4.56. The molecular formula is C20H20N2O4. The molecule has 0 unspecified atom stereocenters. The molecule has 0 saturated heterocycles. The molecule has 1 aliphatic heterocycles. The zero-order valence-electron chi connectivity index (χ0n) is 14.4. The Balaban J connectivity index is 1.37. The highest BCUT2D eigenvalue weighted by Gasteiger charge is 2.27. The molecule has 6 heteroatoms. The number of aliphatic hydroxyl groups is 1. The predicted octanol–water partition coefficient (Wildman–Crippen LogP) is 2.17. The summed E-state index contributed by atoms with van der Waals surface area (Å²) in [5.74, 6) is 0.876. The van der Waals surface area contributed by atoms with Gasteiger partial charge in [-0.2, -0.15) is 0 Å². The van der Waals surface area contributed by atoms with Gasteiger partial charge in [0, 0.05) is 25.3 Å². The van der Waals surface area contributed by atoms with E-state index in [9.17, 15) is 9.90 Å². The number of nitrogens with zero attached hydrogens (tertiary/aromatic N) is 1. The lowest BCUT2D eigenvalue weighted by atomic mass is 10.1. The number of aromatic nitrogens is 1. The summed E-state index contributed by atoms with van der Waals surface area (Å²) in [4.78, 5) is 12.3. The highest BCUT2D eigenvalue weighted by Crippen LogP contribution is 2.30. The van der Waals surface area contributed by atoms with E-state index in [1.165, 1.54) is 0 Å². The fraction of sp³-hybridized carbons (Fsp3) is 0.250. The molecule has 2 N–H and O–H groups in total. The summed E-state index contributed by atoms with van der Waals surface area (Å²) in [5.41, 5.74) is 1.85. The summed E-state index contributed by atoms with van der Waals surface area (Å²) in [6, 6.07) is 15.0. The normalized spacial score (nSPS) is 17.1. The number of fused-ring (bicyclic) bond motifs is 2. The number of carbonyl (C=O) groups excluding carboxylic acids is 1. The van der Waals surface area contributed by atoms with Crippen LogP contribution in [0.1, 0.15) is 11.7 Å². The molecule has 3 aromatic rings. The van der Waals surface area contributed by atoms with E-state index in [2.05, 4.69) is 5.32 Å². The molecular weight excluding hydrogens is 332 g/mol. The van der Waals surface area contributed by atoms with Gasteiger partial charge in [-0.05, 0) is 41.3 Å². The van der Waals surface area contributed by atoms with Crippen molar-refractivity contribution in [3.8, 4) is 11.5 Å². The first kappa shape index (κ1) is 16.5. The Labute approximate surface area is 151 Å². The van der Waals surface area contributed by atoms with E-state index in [1.54, 1.807) is 12.1 Å². The van der Waals surface area contributed by atoms with Gasteiger partial charge in [-0.25, -0.2) is 0 Å². The maximum absolute atomic E-state index is 12.3. The van der Waals surface area contributed by atoms with Gasteiger partial charge in [0.25, 0.3) is 5.91 Å². The summed E-state index contributed by atoms with van der Waals surface area (Å²) >= 11 is 0. The van der Waals surface area contributed by atoms with Gasteiger partial charge < -0.3 is 24.5 Å². The molecule has 1 aromatic heterocycles. The number of nitrogens with one attached hydrogen (secondary N) is 1. The largest absolute Gasteiger partial charge is 0.485 e. The van der Waals surface area contributed by atoms with Crippen LogP contribution in [0.15, 0.2) is 54.7 Å². The molecule has 2 atom stereocenters. The first-order valence-corrected chi connectivity index (χ1v) is 8.51. The first-order valence-electron chi connectivity index (χ1n) is 8.51. The molecule has 1 aliphatic rings. The average Bonchev–Trinajstić information content (AvgIpc) is 3.05. The number of carbonyl (C=O) groups is 1. The van der Waals surface area contributed by atoms with Crippen molar-refractivity contribution in [2.45, 2.75) is 12.2 Å². The fourth-order valence-electron chi connectivity index (χ4n) is 3.09. The van der Waals surface area contributed by atoms with Crippen LogP contribution < -0.4 is 14.8 Å². The predicted molar refractivity (Wildman–Crippen MR) is 97.2 cm³/mol. The Bertz CT molecular complexity index is 950. The van der Waals surface area contributed by atoms with Crippen molar-refractivity contribution in [2.75, 3.05) is 13.2 Å². The lowest BCUT2D eigenvalue weighted by Gasteiger charge is -2.26. The molecule has 26 heavy (non-hydrogen) atoms. The Morgan fingerprint density at radius 1 is 1.27 bits per heavy atom. The molecule has 4 rings (SSSR count). The number of rotatable bonds is 4. The Hall–Kier alpha value is -2.99. The van der Waals surface area contributed by atoms with Crippen molar-refractivity contribution in [2.24, 2.45) is 7.05 Å². The maximum Gasteiger partial charge on any atom is 0.264 e. The lowest BCUT2D eigenvalue weighted by Crippen LogP contribution is -2.45. The molecule has 0 radical (unpaired) electrons. The second kappa shape index (κ2) is 6.72. The number of ether oxygens (including phenoxy) is 2. The Morgan fingerprint density at radius 2 is 2.08 bits per heavy atom. The van der Waals surface area contributed by atoms with Crippen LogP contribution in [0.4, 0.5) is 0 Å². The van der Waals surface area contributed by atoms with Crippen LogP contribution in [0.25, 0.3) is 10.9 Å². The number of hydrogen-bond acceptors (Lipinski definition) is 4. The van der Waals surface area contributed by atoms with Crippen molar-refractivity contribution in [3.63, 3.8) is 0 Å². The van der Waals surface area contributed by atoms with Crippen LogP contribution in [-0.2, 0) is 11.8 Å². The smallest absolute Gasteiger partial charge is 0.264 e. The third kappa shape index (κ3) is 3.11. The molecule has 134 valence electrons. The number of aliphatic hydroxyl groups excluding tert-OH is 1. The number of para-hydroxylation sites is 2. The topological polar surface area (TPSA) is 72.7 Å². The quantitative estimate of drug-likeness (QED) is 0.755. The van der Waals surface area contributed by atoms with Crippen LogP contribution >= 0.6 is 0 Å². The SMILES string of the molecule is Cn1ccc2cc([C@H](O)CNC(=O)[C@H]3COc4ccccc4O3)ccc21. The number of aryl methyl sites for hydroxylation is 1. The minimum Gasteiger partial charge on any atom is -0.485 e. The van der Waals surface area contributed by atoms with Crippen molar-refractivity contribution in [3.05, 3.63) is 60.3 Å². The van der Waals surface area contributed by atoms with Gasteiger partial charge in [-0.15, -0.1) is 0 Å². The zero-order chi connectivity index (χ0) is 18.1. The molecule has 0 fully saturated rings. The highest BCUT2D eigenvalue weighted by molar-refractivity contribution is 5.82.